The van der Waals surface area contributed by atoms with Crippen molar-refractivity contribution in [2.24, 2.45) is 0 Å². The zero-order valence-corrected chi connectivity index (χ0v) is 17.7. The van der Waals surface area contributed by atoms with Gasteiger partial charge in [-0.05, 0) is 67.3 Å². The first-order chi connectivity index (χ1) is 14.3. The first-order valence-electron chi connectivity index (χ1n) is 9.65. The first kappa shape index (κ1) is 19.9. The smallest absolute Gasteiger partial charge is 0.282 e. The molecule has 0 atom stereocenters. The normalized spacial score (nSPS) is 13.9. The SMILES string of the molecule is Cc1cc(C)cc(NC2=C(c3ccccc3)C(=O)N(c3cc(Cl)ccc3C)C2=O)c1. The Morgan fingerprint density at radius 2 is 1.47 bits per heavy atom. The third kappa shape index (κ3) is 3.62. The van der Waals surface area contributed by atoms with Gasteiger partial charge in [0.15, 0.2) is 0 Å². The van der Waals surface area contributed by atoms with E-state index < -0.39 is 5.91 Å². The Balaban J connectivity index is 1.86. The molecule has 0 aliphatic carbocycles. The van der Waals surface area contributed by atoms with E-state index in [1.54, 1.807) is 18.2 Å². The third-order valence-corrected chi connectivity index (χ3v) is 5.28. The average Bonchev–Trinajstić information content (AvgIpc) is 2.93. The van der Waals surface area contributed by atoms with E-state index in [1.807, 2.05) is 63.2 Å². The molecule has 0 saturated carbocycles. The predicted molar refractivity (Wildman–Crippen MR) is 122 cm³/mol. The summed E-state index contributed by atoms with van der Waals surface area (Å²) in [5.74, 6) is -0.771. The summed E-state index contributed by atoms with van der Waals surface area (Å²) in [5, 5.41) is 3.69. The number of nitrogens with zero attached hydrogens (tertiary/aromatic N) is 1. The van der Waals surface area contributed by atoms with Gasteiger partial charge in [0.2, 0.25) is 0 Å². The minimum atomic E-state index is -0.400. The van der Waals surface area contributed by atoms with E-state index in [4.69, 9.17) is 11.6 Å². The van der Waals surface area contributed by atoms with Crippen molar-refractivity contribution in [3.63, 3.8) is 0 Å². The molecule has 0 unspecified atom stereocenters. The van der Waals surface area contributed by atoms with Crippen LogP contribution in [0.1, 0.15) is 22.3 Å². The van der Waals surface area contributed by atoms with Crippen molar-refractivity contribution >= 4 is 40.4 Å². The number of carbonyl (C=O) groups is 2. The number of hydrogen-bond donors (Lipinski definition) is 1. The molecule has 5 heteroatoms. The number of hydrogen-bond acceptors (Lipinski definition) is 3. The molecule has 30 heavy (non-hydrogen) atoms. The number of imide groups is 1. The van der Waals surface area contributed by atoms with Crippen molar-refractivity contribution < 1.29 is 9.59 Å². The summed E-state index contributed by atoms with van der Waals surface area (Å²) in [6, 6.07) is 20.4. The van der Waals surface area contributed by atoms with Gasteiger partial charge in [-0.1, -0.05) is 54.1 Å². The molecule has 4 rings (SSSR count). The molecule has 0 bridgehead atoms. The highest BCUT2D eigenvalue weighted by molar-refractivity contribution is 6.46. The van der Waals surface area contributed by atoms with Crippen molar-refractivity contribution in [2.45, 2.75) is 20.8 Å². The summed E-state index contributed by atoms with van der Waals surface area (Å²) in [6.07, 6.45) is 0. The lowest BCUT2D eigenvalue weighted by Crippen LogP contribution is -2.33. The van der Waals surface area contributed by atoms with Gasteiger partial charge >= 0.3 is 0 Å². The van der Waals surface area contributed by atoms with Crippen LogP contribution in [-0.4, -0.2) is 11.8 Å². The maximum Gasteiger partial charge on any atom is 0.282 e. The monoisotopic (exact) mass is 416 g/mol. The van der Waals surface area contributed by atoms with Crippen LogP contribution in [0.15, 0.2) is 72.4 Å². The second-order valence-electron chi connectivity index (χ2n) is 7.49. The Kier molecular flexibility index (Phi) is 5.18. The van der Waals surface area contributed by atoms with E-state index in [1.165, 1.54) is 4.90 Å². The van der Waals surface area contributed by atoms with Gasteiger partial charge in [-0.2, -0.15) is 0 Å². The Hall–Kier alpha value is -3.37. The number of carbonyl (C=O) groups excluding carboxylic acids is 2. The van der Waals surface area contributed by atoms with Gasteiger partial charge in [0.1, 0.15) is 5.70 Å². The van der Waals surface area contributed by atoms with E-state index in [-0.39, 0.29) is 11.6 Å². The van der Waals surface area contributed by atoms with Crippen LogP contribution in [0, 0.1) is 20.8 Å². The molecule has 4 nitrogen and oxygen atoms in total. The maximum absolute atomic E-state index is 13.5. The molecule has 1 heterocycles. The van der Waals surface area contributed by atoms with Gasteiger partial charge in [0, 0.05) is 10.7 Å². The van der Waals surface area contributed by atoms with Crippen molar-refractivity contribution in [1.82, 2.24) is 0 Å². The second kappa shape index (κ2) is 7.81. The van der Waals surface area contributed by atoms with Crippen molar-refractivity contribution in [1.29, 1.82) is 0 Å². The average molecular weight is 417 g/mol. The molecule has 1 aliphatic rings. The minimum Gasteiger partial charge on any atom is -0.350 e. The van der Waals surface area contributed by atoms with Gasteiger partial charge in [0.25, 0.3) is 11.8 Å². The number of benzene rings is 3. The van der Waals surface area contributed by atoms with Crippen molar-refractivity contribution in [3.8, 4) is 0 Å². The second-order valence-corrected chi connectivity index (χ2v) is 7.93. The van der Waals surface area contributed by atoms with E-state index in [9.17, 15) is 9.59 Å². The number of amides is 2. The summed E-state index contributed by atoms with van der Waals surface area (Å²) in [5.41, 5.74) is 5.48. The molecule has 3 aromatic carbocycles. The highest BCUT2D eigenvalue weighted by Gasteiger charge is 2.40. The Labute approximate surface area is 180 Å². The van der Waals surface area contributed by atoms with Gasteiger partial charge in [-0.25, -0.2) is 4.90 Å². The molecule has 2 amide bonds. The van der Waals surface area contributed by atoms with Crippen LogP contribution >= 0.6 is 11.6 Å². The topological polar surface area (TPSA) is 49.4 Å². The molecule has 0 spiro atoms. The number of aryl methyl sites for hydroxylation is 3. The molecule has 0 fully saturated rings. The molecule has 3 aromatic rings. The zero-order valence-electron chi connectivity index (χ0n) is 17.0. The van der Waals surface area contributed by atoms with Crippen LogP contribution in [0.5, 0.6) is 0 Å². The maximum atomic E-state index is 13.5. The molecule has 150 valence electrons. The fourth-order valence-electron chi connectivity index (χ4n) is 3.75. The lowest BCUT2D eigenvalue weighted by atomic mass is 10.0. The van der Waals surface area contributed by atoms with E-state index in [2.05, 4.69) is 11.4 Å². The molecule has 1 N–H and O–H groups in total. The predicted octanol–water partition coefficient (Wildman–Crippen LogP) is 5.66. The summed E-state index contributed by atoms with van der Waals surface area (Å²) in [4.78, 5) is 28.2. The Morgan fingerprint density at radius 3 is 2.13 bits per heavy atom. The van der Waals surface area contributed by atoms with Crippen LogP contribution in [0.2, 0.25) is 5.02 Å². The summed E-state index contributed by atoms with van der Waals surface area (Å²) in [7, 11) is 0. The van der Waals surface area contributed by atoms with Crippen LogP contribution in [-0.2, 0) is 9.59 Å². The van der Waals surface area contributed by atoms with Gasteiger partial charge in [0.05, 0.1) is 11.3 Å². The fraction of sp³-hybridized carbons (Fsp3) is 0.120. The summed E-state index contributed by atoms with van der Waals surface area (Å²) < 4.78 is 0. The first-order valence-corrected chi connectivity index (χ1v) is 10.0. The largest absolute Gasteiger partial charge is 0.350 e. The van der Waals surface area contributed by atoms with Crippen molar-refractivity contribution in [3.05, 3.63) is 99.7 Å². The van der Waals surface area contributed by atoms with Gasteiger partial charge in [-0.15, -0.1) is 0 Å². The third-order valence-electron chi connectivity index (χ3n) is 5.05. The summed E-state index contributed by atoms with van der Waals surface area (Å²) >= 11 is 6.17. The fourth-order valence-corrected chi connectivity index (χ4v) is 3.92. The van der Waals surface area contributed by atoms with E-state index in [0.717, 1.165) is 22.4 Å². The number of nitrogens with one attached hydrogen (secondary N) is 1. The molecular weight excluding hydrogens is 396 g/mol. The zero-order chi connectivity index (χ0) is 21.4. The highest BCUT2D eigenvalue weighted by atomic mass is 35.5. The summed E-state index contributed by atoms with van der Waals surface area (Å²) in [6.45, 7) is 5.84. The Bertz CT molecular complexity index is 1180. The molecule has 0 aromatic heterocycles. The van der Waals surface area contributed by atoms with Crippen LogP contribution in [0.3, 0.4) is 0 Å². The van der Waals surface area contributed by atoms with Crippen LogP contribution in [0.4, 0.5) is 11.4 Å². The lowest BCUT2D eigenvalue weighted by Gasteiger charge is -2.18. The van der Waals surface area contributed by atoms with Crippen LogP contribution < -0.4 is 10.2 Å². The van der Waals surface area contributed by atoms with Crippen LogP contribution in [0.25, 0.3) is 5.57 Å². The molecule has 0 radical (unpaired) electrons. The van der Waals surface area contributed by atoms with E-state index in [0.29, 0.717) is 21.8 Å². The number of anilines is 2. The lowest BCUT2D eigenvalue weighted by molar-refractivity contribution is -0.120. The molecule has 1 aliphatic heterocycles. The standard InChI is InChI=1S/C25H21ClN2O2/c1-15-11-16(2)13-20(12-15)27-23-22(18-7-5-4-6-8-18)24(29)28(25(23)30)21-14-19(26)10-9-17(21)3/h4-14,27H,1-3H3. The Morgan fingerprint density at radius 1 is 0.800 bits per heavy atom. The van der Waals surface area contributed by atoms with E-state index >= 15 is 0 Å². The highest BCUT2D eigenvalue weighted by Crippen LogP contribution is 2.36. The number of rotatable bonds is 4. The quantitative estimate of drug-likeness (QED) is 0.558. The number of halogens is 1. The molecular formula is C25H21ClN2O2. The van der Waals surface area contributed by atoms with Crippen molar-refractivity contribution in [2.75, 3.05) is 10.2 Å². The van der Waals surface area contributed by atoms with Gasteiger partial charge < -0.3 is 5.32 Å². The minimum absolute atomic E-state index is 0.260. The molecule has 0 saturated heterocycles. The van der Waals surface area contributed by atoms with Gasteiger partial charge in [-0.3, -0.25) is 9.59 Å².